The Morgan fingerprint density at radius 2 is 1.74 bits per heavy atom. The number of carbonyl (C=O) groups excluding carboxylic acids is 1. The van der Waals surface area contributed by atoms with Crippen molar-refractivity contribution in [2.24, 2.45) is 5.10 Å². The maximum atomic E-state index is 13.9. The molecule has 3 aromatic rings. The normalized spacial score (nSPS) is 17.3. The standard InChI is InChI=1S/C27H25ClF3N3O3S/c1-26(20-6-4-3-5-7-20)18-33(32-24(26)19-8-10-21(28)11-9-19)25(35)34(38-17-16-36-2)22-12-14-23(15-13-22)37-27(29,30)31/h3-15H,16-18H2,1-2H3. The zero-order chi connectivity index (χ0) is 27.3. The lowest BCUT2D eigenvalue weighted by Crippen LogP contribution is -2.41. The van der Waals surface area contributed by atoms with E-state index in [0.717, 1.165) is 11.1 Å². The maximum absolute atomic E-state index is 13.9. The summed E-state index contributed by atoms with van der Waals surface area (Å²) in [7, 11) is 1.55. The van der Waals surface area contributed by atoms with Crippen molar-refractivity contribution in [3.05, 3.63) is 95.0 Å². The molecule has 1 heterocycles. The number of anilines is 1. The third-order valence-electron chi connectivity index (χ3n) is 5.95. The Morgan fingerprint density at radius 3 is 2.34 bits per heavy atom. The van der Waals surface area contributed by atoms with Gasteiger partial charge in [-0.1, -0.05) is 54.1 Å². The highest BCUT2D eigenvalue weighted by Gasteiger charge is 2.44. The SMILES string of the molecule is COCCSN(C(=O)N1CC(C)(c2ccccc2)C(c2ccc(Cl)cc2)=N1)c1ccc(OC(F)(F)F)cc1. The van der Waals surface area contributed by atoms with Crippen LogP contribution < -0.4 is 9.04 Å². The van der Waals surface area contributed by atoms with E-state index in [1.165, 1.54) is 45.5 Å². The first-order valence-electron chi connectivity index (χ1n) is 11.6. The van der Waals surface area contributed by atoms with E-state index < -0.39 is 17.8 Å². The first-order valence-corrected chi connectivity index (χ1v) is 12.9. The van der Waals surface area contributed by atoms with Gasteiger partial charge in [-0.2, -0.15) is 5.10 Å². The molecule has 0 spiro atoms. The van der Waals surface area contributed by atoms with Gasteiger partial charge in [0.1, 0.15) is 5.75 Å². The summed E-state index contributed by atoms with van der Waals surface area (Å²) in [4.78, 5) is 13.9. The minimum Gasteiger partial charge on any atom is -0.406 e. The van der Waals surface area contributed by atoms with Crippen molar-refractivity contribution >= 4 is 41.0 Å². The van der Waals surface area contributed by atoms with Crippen molar-refractivity contribution in [2.75, 3.05) is 30.3 Å². The lowest BCUT2D eigenvalue weighted by molar-refractivity contribution is -0.274. The molecule has 0 aliphatic carbocycles. The molecule has 38 heavy (non-hydrogen) atoms. The molecule has 6 nitrogen and oxygen atoms in total. The molecule has 200 valence electrons. The van der Waals surface area contributed by atoms with Gasteiger partial charge in [0.25, 0.3) is 0 Å². The molecule has 0 N–H and O–H groups in total. The van der Waals surface area contributed by atoms with Gasteiger partial charge in [-0.25, -0.2) is 14.1 Å². The molecule has 3 aromatic carbocycles. The predicted molar refractivity (Wildman–Crippen MR) is 144 cm³/mol. The first kappa shape index (κ1) is 27.8. The summed E-state index contributed by atoms with van der Waals surface area (Å²) < 4.78 is 48.3. The fourth-order valence-electron chi connectivity index (χ4n) is 4.11. The lowest BCUT2D eigenvalue weighted by atomic mass is 9.76. The van der Waals surface area contributed by atoms with Crippen LogP contribution in [0.5, 0.6) is 5.75 Å². The third-order valence-corrected chi connectivity index (χ3v) is 7.17. The zero-order valence-corrected chi connectivity index (χ0v) is 22.2. The molecular formula is C27H25ClF3N3O3S. The van der Waals surface area contributed by atoms with Crippen LogP contribution in [0.4, 0.5) is 23.7 Å². The molecular weight excluding hydrogens is 539 g/mol. The number of hydrazone groups is 1. The summed E-state index contributed by atoms with van der Waals surface area (Å²) in [5, 5.41) is 6.73. The number of urea groups is 1. The second-order valence-electron chi connectivity index (χ2n) is 8.66. The number of nitrogens with zero attached hydrogens (tertiary/aromatic N) is 3. The quantitative estimate of drug-likeness (QED) is 0.216. The molecule has 0 aromatic heterocycles. The Kier molecular flexibility index (Phi) is 8.54. The summed E-state index contributed by atoms with van der Waals surface area (Å²) in [5.74, 6) is 0.0528. The van der Waals surface area contributed by atoms with Gasteiger partial charge < -0.3 is 9.47 Å². The van der Waals surface area contributed by atoms with Crippen LogP contribution in [0.15, 0.2) is 84.0 Å². The smallest absolute Gasteiger partial charge is 0.406 e. The molecule has 11 heteroatoms. The highest BCUT2D eigenvalue weighted by molar-refractivity contribution is 8.01. The topological polar surface area (TPSA) is 54.4 Å². The molecule has 0 fully saturated rings. The van der Waals surface area contributed by atoms with E-state index in [1.807, 2.05) is 49.4 Å². The number of hydrogen-bond donors (Lipinski definition) is 0. The van der Waals surface area contributed by atoms with E-state index in [0.29, 0.717) is 28.8 Å². The Bertz CT molecular complexity index is 1270. The van der Waals surface area contributed by atoms with Crippen molar-refractivity contribution in [3.63, 3.8) is 0 Å². The van der Waals surface area contributed by atoms with Gasteiger partial charge in [-0.3, -0.25) is 0 Å². The van der Waals surface area contributed by atoms with Crippen molar-refractivity contribution in [2.45, 2.75) is 18.7 Å². The molecule has 1 unspecified atom stereocenters. The van der Waals surface area contributed by atoms with E-state index in [9.17, 15) is 18.0 Å². The van der Waals surface area contributed by atoms with E-state index >= 15 is 0 Å². The third kappa shape index (κ3) is 6.43. The average Bonchev–Trinajstić information content (AvgIpc) is 3.26. The van der Waals surface area contributed by atoms with Gasteiger partial charge in [0.05, 0.1) is 30.0 Å². The van der Waals surface area contributed by atoms with E-state index in [2.05, 4.69) is 4.74 Å². The number of methoxy groups -OCH3 is 1. The molecule has 1 aliphatic heterocycles. The zero-order valence-electron chi connectivity index (χ0n) is 20.6. The maximum Gasteiger partial charge on any atom is 0.573 e. The first-order chi connectivity index (χ1) is 18.1. The lowest BCUT2D eigenvalue weighted by Gasteiger charge is -2.29. The average molecular weight is 564 g/mol. The number of hydrogen-bond acceptors (Lipinski definition) is 5. The Morgan fingerprint density at radius 1 is 1.08 bits per heavy atom. The molecule has 1 atom stereocenters. The number of carbonyl (C=O) groups is 1. The van der Waals surface area contributed by atoms with Crippen molar-refractivity contribution in [1.29, 1.82) is 0 Å². The van der Waals surface area contributed by atoms with Gasteiger partial charge >= 0.3 is 12.4 Å². The number of rotatable bonds is 8. The number of alkyl halides is 3. The van der Waals surface area contributed by atoms with Crippen molar-refractivity contribution in [3.8, 4) is 5.75 Å². The molecule has 0 saturated carbocycles. The largest absolute Gasteiger partial charge is 0.573 e. The minimum atomic E-state index is -4.81. The van der Waals surface area contributed by atoms with Gasteiger partial charge in [-0.15, -0.1) is 13.2 Å². The number of ether oxygens (including phenoxy) is 2. The van der Waals surface area contributed by atoms with Crippen LogP contribution in [0, 0.1) is 0 Å². The Hall–Kier alpha value is -3.21. The molecule has 0 saturated heterocycles. The minimum absolute atomic E-state index is 0.254. The molecule has 4 rings (SSSR count). The monoisotopic (exact) mass is 563 g/mol. The predicted octanol–water partition coefficient (Wildman–Crippen LogP) is 7.14. The number of benzene rings is 3. The van der Waals surface area contributed by atoms with E-state index in [1.54, 1.807) is 19.2 Å². The van der Waals surface area contributed by atoms with Crippen LogP contribution in [-0.4, -0.2) is 49.1 Å². The van der Waals surface area contributed by atoms with Crippen LogP contribution >= 0.6 is 23.5 Å². The van der Waals surface area contributed by atoms with Crippen LogP contribution in [0.1, 0.15) is 18.1 Å². The van der Waals surface area contributed by atoms with Gasteiger partial charge in [-0.05, 0) is 66.4 Å². The highest BCUT2D eigenvalue weighted by Crippen LogP contribution is 2.37. The molecule has 0 bridgehead atoms. The van der Waals surface area contributed by atoms with Gasteiger partial charge in [0.2, 0.25) is 0 Å². The van der Waals surface area contributed by atoms with Crippen molar-refractivity contribution < 1.29 is 27.4 Å². The molecule has 2 amide bonds. The summed E-state index contributed by atoms with van der Waals surface area (Å²) in [6.07, 6.45) is -4.81. The fraction of sp³-hybridized carbons (Fsp3) is 0.259. The van der Waals surface area contributed by atoms with Gasteiger partial charge in [0.15, 0.2) is 0 Å². The van der Waals surface area contributed by atoms with Crippen molar-refractivity contribution in [1.82, 2.24) is 5.01 Å². The Balaban J connectivity index is 1.68. The molecule has 1 aliphatic rings. The number of halogens is 4. The highest BCUT2D eigenvalue weighted by atomic mass is 35.5. The summed E-state index contributed by atoms with van der Waals surface area (Å²) in [6, 6.07) is 21.7. The van der Waals surface area contributed by atoms with E-state index in [-0.39, 0.29) is 12.3 Å². The van der Waals surface area contributed by atoms with Crippen LogP contribution in [0.2, 0.25) is 5.02 Å². The van der Waals surface area contributed by atoms with E-state index in [4.69, 9.17) is 21.4 Å². The second kappa shape index (κ2) is 11.7. The summed E-state index contributed by atoms with van der Waals surface area (Å²) in [5.41, 5.74) is 2.25. The Labute approximate surface area is 228 Å². The number of amides is 2. The second-order valence-corrected chi connectivity index (χ2v) is 10.1. The van der Waals surface area contributed by atoms with Crippen LogP contribution in [-0.2, 0) is 10.2 Å². The van der Waals surface area contributed by atoms with Crippen LogP contribution in [0.3, 0.4) is 0 Å². The van der Waals surface area contributed by atoms with Gasteiger partial charge in [0, 0.05) is 17.9 Å². The summed E-state index contributed by atoms with van der Waals surface area (Å²) in [6.45, 7) is 2.64. The van der Waals surface area contributed by atoms with Crippen LogP contribution in [0.25, 0.3) is 0 Å². The molecule has 0 radical (unpaired) electrons. The fourth-order valence-corrected chi connectivity index (χ4v) is 5.13. The summed E-state index contributed by atoms with van der Waals surface area (Å²) >= 11 is 7.28.